The van der Waals surface area contributed by atoms with Gasteiger partial charge in [-0.25, -0.2) is 15.8 Å². The van der Waals surface area contributed by atoms with Gasteiger partial charge in [0.1, 0.15) is 22.1 Å². The molecule has 5 rings (SSSR count). The zero-order chi connectivity index (χ0) is 20.0. The van der Waals surface area contributed by atoms with Gasteiger partial charge in [-0.1, -0.05) is 59.7 Å². The Morgan fingerprint density at radius 3 is 2.41 bits per heavy atom. The standard InChI is InChI=1S/C22H21N5OS/c1-13-3-7-15(8-4-13)17-11-18(25-24-17)27-12-23-20-19(26-29-21(20)22(27)28)16-9-5-14(2)6-10-16/h3-10,12,17-18,24-25H,11H2,1-2H3. The van der Waals surface area contributed by atoms with Crippen molar-refractivity contribution in [2.24, 2.45) is 0 Å². The molecule has 7 heteroatoms. The molecule has 2 unspecified atom stereocenters. The third-order valence-corrected chi connectivity index (χ3v) is 6.26. The zero-order valence-corrected chi connectivity index (χ0v) is 17.0. The summed E-state index contributed by atoms with van der Waals surface area (Å²) in [6.07, 6.45) is 2.24. The minimum Gasteiger partial charge on any atom is -0.280 e. The number of hydrogen-bond donors (Lipinski definition) is 2. The Kier molecular flexibility index (Phi) is 4.50. The van der Waals surface area contributed by atoms with Crippen LogP contribution in [-0.2, 0) is 0 Å². The first-order chi connectivity index (χ1) is 14.1. The lowest BCUT2D eigenvalue weighted by Crippen LogP contribution is -2.34. The average molecular weight is 404 g/mol. The lowest BCUT2D eigenvalue weighted by atomic mass is 10.0. The van der Waals surface area contributed by atoms with Crippen LogP contribution >= 0.6 is 11.5 Å². The second-order valence-corrected chi connectivity index (χ2v) is 8.31. The number of hydrazine groups is 1. The van der Waals surface area contributed by atoms with Crippen molar-refractivity contribution in [2.45, 2.75) is 32.5 Å². The summed E-state index contributed by atoms with van der Waals surface area (Å²) in [6.45, 7) is 4.12. The minimum absolute atomic E-state index is 0.0604. The van der Waals surface area contributed by atoms with Gasteiger partial charge in [0.15, 0.2) is 0 Å². The van der Waals surface area contributed by atoms with Crippen LogP contribution < -0.4 is 16.4 Å². The van der Waals surface area contributed by atoms with Crippen molar-refractivity contribution < 1.29 is 0 Å². The molecule has 3 heterocycles. The number of fused-ring (bicyclic) bond motifs is 1. The first-order valence-corrected chi connectivity index (χ1v) is 10.4. The second kappa shape index (κ2) is 7.18. The second-order valence-electron chi connectivity index (χ2n) is 7.54. The minimum atomic E-state index is -0.157. The molecule has 1 fully saturated rings. The van der Waals surface area contributed by atoms with Gasteiger partial charge >= 0.3 is 0 Å². The monoisotopic (exact) mass is 403 g/mol. The molecule has 0 radical (unpaired) electrons. The summed E-state index contributed by atoms with van der Waals surface area (Å²) in [4.78, 5) is 17.7. The quantitative estimate of drug-likeness (QED) is 0.543. The van der Waals surface area contributed by atoms with E-state index in [2.05, 4.69) is 51.4 Å². The highest BCUT2D eigenvalue weighted by atomic mass is 32.1. The van der Waals surface area contributed by atoms with Gasteiger partial charge in [-0.2, -0.15) is 4.37 Å². The van der Waals surface area contributed by atoms with Crippen LogP contribution in [0.2, 0.25) is 0 Å². The third-order valence-electron chi connectivity index (χ3n) is 5.43. The highest BCUT2D eigenvalue weighted by Gasteiger charge is 2.28. The van der Waals surface area contributed by atoms with E-state index in [0.717, 1.165) is 17.7 Å². The zero-order valence-electron chi connectivity index (χ0n) is 16.2. The van der Waals surface area contributed by atoms with E-state index in [-0.39, 0.29) is 17.8 Å². The van der Waals surface area contributed by atoms with Crippen molar-refractivity contribution >= 4 is 21.7 Å². The first kappa shape index (κ1) is 18.2. The fraction of sp³-hybridized carbons (Fsp3) is 0.227. The van der Waals surface area contributed by atoms with Crippen molar-refractivity contribution in [3.63, 3.8) is 0 Å². The van der Waals surface area contributed by atoms with Crippen molar-refractivity contribution in [2.75, 3.05) is 0 Å². The van der Waals surface area contributed by atoms with E-state index < -0.39 is 0 Å². The fourth-order valence-corrected chi connectivity index (χ4v) is 4.49. The Morgan fingerprint density at radius 2 is 1.69 bits per heavy atom. The smallest absolute Gasteiger partial charge is 0.274 e. The predicted molar refractivity (Wildman–Crippen MR) is 116 cm³/mol. The number of hydrogen-bond acceptors (Lipinski definition) is 6. The Morgan fingerprint density at radius 1 is 1.00 bits per heavy atom. The molecule has 29 heavy (non-hydrogen) atoms. The van der Waals surface area contributed by atoms with Crippen molar-refractivity contribution in [1.29, 1.82) is 0 Å². The summed E-state index contributed by atoms with van der Waals surface area (Å²) in [6, 6.07) is 16.7. The van der Waals surface area contributed by atoms with Crippen LogP contribution in [0.5, 0.6) is 0 Å². The molecule has 0 aliphatic carbocycles. The van der Waals surface area contributed by atoms with Crippen LogP contribution in [-0.4, -0.2) is 13.9 Å². The van der Waals surface area contributed by atoms with Gasteiger partial charge in [0.25, 0.3) is 5.56 Å². The SMILES string of the molecule is Cc1ccc(-c2nsc3c(=O)n(C4CC(c5ccc(C)cc5)NN4)cnc23)cc1. The molecule has 0 amide bonds. The molecule has 146 valence electrons. The normalized spacial score (nSPS) is 19.1. The van der Waals surface area contributed by atoms with Crippen LogP contribution in [0, 0.1) is 13.8 Å². The van der Waals surface area contributed by atoms with Gasteiger partial charge in [-0.05, 0) is 30.9 Å². The Balaban J connectivity index is 1.46. The topological polar surface area (TPSA) is 71.8 Å². The maximum atomic E-state index is 13.1. The predicted octanol–water partition coefficient (Wildman–Crippen LogP) is 3.87. The summed E-state index contributed by atoms with van der Waals surface area (Å²) in [7, 11) is 0. The lowest BCUT2D eigenvalue weighted by molar-refractivity contribution is 0.428. The number of rotatable bonds is 3. The molecule has 2 aromatic carbocycles. The van der Waals surface area contributed by atoms with Crippen molar-refractivity contribution in [1.82, 2.24) is 24.8 Å². The van der Waals surface area contributed by atoms with Crippen LogP contribution in [0.15, 0.2) is 59.7 Å². The Bertz CT molecular complexity index is 1230. The van der Waals surface area contributed by atoms with E-state index in [4.69, 9.17) is 0 Å². The summed E-state index contributed by atoms with van der Waals surface area (Å²) >= 11 is 1.22. The molecule has 4 aromatic rings. The molecule has 0 saturated carbocycles. The average Bonchev–Trinajstić information content (AvgIpc) is 3.37. The van der Waals surface area contributed by atoms with E-state index in [1.807, 2.05) is 31.2 Å². The summed E-state index contributed by atoms with van der Waals surface area (Å²) in [5.74, 6) is 0. The number of aromatic nitrogens is 3. The van der Waals surface area contributed by atoms with Crippen LogP contribution in [0.3, 0.4) is 0 Å². The van der Waals surface area contributed by atoms with E-state index >= 15 is 0 Å². The molecule has 1 saturated heterocycles. The van der Waals surface area contributed by atoms with E-state index in [0.29, 0.717) is 10.2 Å². The Hall–Kier alpha value is -2.87. The molecule has 1 aliphatic heterocycles. The largest absolute Gasteiger partial charge is 0.280 e. The molecule has 0 spiro atoms. The van der Waals surface area contributed by atoms with E-state index in [9.17, 15) is 4.79 Å². The summed E-state index contributed by atoms with van der Waals surface area (Å²) in [5.41, 5.74) is 12.5. The van der Waals surface area contributed by atoms with Crippen LogP contribution in [0.1, 0.15) is 35.3 Å². The number of aryl methyl sites for hydroxylation is 2. The van der Waals surface area contributed by atoms with Gasteiger partial charge < -0.3 is 0 Å². The maximum Gasteiger partial charge on any atom is 0.274 e. The molecule has 2 atom stereocenters. The van der Waals surface area contributed by atoms with Gasteiger partial charge in [-0.15, -0.1) is 0 Å². The van der Waals surface area contributed by atoms with Crippen LogP contribution in [0.25, 0.3) is 21.5 Å². The first-order valence-electron chi connectivity index (χ1n) is 9.61. The highest BCUT2D eigenvalue weighted by molar-refractivity contribution is 7.13. The van der Waals surface area contributed by atoms with Gasteiger partial charge in [0.05, 0.1) is 6.33 Å². The molecular formula is C22H21N5OS. The van der Waals surface area contributed by atoms with E-state index in [1.54, 1.807) is 10.9 Å². The molecule has 2 aromatic heterocycles. The molecule has 2 N–H and O–H groups in total. The van der Waals surface area contributed by atoms with Gasteiger partial charge in [0, 0.05) is 18.0 Å². The Labute approximate surface area is 172 Å². The third kappa shape index (κ3) is 3.27. The summed E-state index contributed by atoms with van der Waals surface area (Å²) in [5, 5.41) is 0. The van der Waals surface area contributed by atoms with Crippen molar-refractivity contribution in [3.8, 4) is 11.3 Å². The van der Waals surface area contributed by atoms with Gasteiger partial charge in [-0.3, -0.25) is 9.36 Å². The fourth-order valence-electron chi connectivity index (χ4n) is 3.70. The molecule has 1 aliphatic rings. The molecule has 0 bridgehead atoms. The lowest BCUT2D eigenvalue weighted by Gasteiger charge is -2.13. The van der Waals surface area contributed by atoms with Crippen molar-refractivity contribution in [3.05, 3.63) is 81.9 Å². The maximum absolute atomic E-state index is 13.1. The number of nitrogens with one attached hydrogen (secondary N) is 2. The number of nitrogens with zero attached hydrogens (tertiary/aromatic N) is 3. The van der Waals surface area contributed by atoms with Crippen LogP contribution in [0.4, 0.5) is 0 Å². The van der Waals surface area contributed by atoms with E-state index in [1.165, 1.54) is 28.2 Å². The molecule has 6 nitrogen and oxygen atoms in total. The summed E-state index contributed by atoms with van der Waals surface area (Å²) < 4.78 is 6.78. The number of benzene rings is 2. The van der Waals surface area contributed by atoms with Gasteiger partial charge in [0.2, 0.25) is 0 Å². The highest BCUT2D eigenvalue weighted by Crippen LogP contribution is 2.30. The molecular weight excluding hydrogens is 382 g/mol.